The van der Waals surface area contributed by atoms with Crippen LogP contribution in [-0.4, -0.2) is 34.2 Å². The van der Waals surface area contributed by atoms with Crippen molar-refractivity contribution in [3.05, 3.63) is 36.4 Å². The van der Waals surface area contributed by atoms with Crippen molar-refractivity contribution < 1.29 is 19.4 Å². The van der Waals surface area contributed by atoms with Gasteiger partial charge in [-0.05, 0) is 12.1 Å². The average molecular weight is 316 g/mol. The first kappa shape index (κ1) is 13.4. The number of hydrogen-bond donors (Lipinski definition) is 2. The predicted octanol–water partition coefficient (Wildman–Crippen LogP) is 1.89. The summed E-state index contributed by atoms with van der Waals surface area (Å²) in [5.41, 5.74) is 0.807. The summed E-state index contributed by atoms with van der Waals surface area (Å²) in [5, 5.41) is 12.5. The lowest BCUT2D eigenvalue weighted by atomic mass is 9.82. The summed E-state index contributed by atoms with van der Waals surface area (Å²) >= 11 is 1.36. The molecule has 4 atom stereocenters. The fourth-order valence-electron chi connectivity index (χ4n) is 3.03. The number of para-hydroxylation sites is 1. The first-order valence-corrected chi connectivity index (χ1v) is 7.68. The maximum Gasteiger partial charge on any atom is 0.310 e. The maximum atomic E-state index is 12.5. The minimum Gasteiger partial charge on any atom is -0.481 e. The molecule has 2 aromatic rings. The lowest BCUT2D eigenvalue weighted by Crippen LogP contribution is -2.39. The molecular weight excluding hydrogens is 304 g/mol. The number of carbonyl (C=O) groups excluding carboxylic acids is 1. The highest BCUT2D eigenvalue weighted by Crippen LogP contribution is 2.40. The lowest BCUT2D eigenvalue weighted by molar-refractivity contribution is -0.145. The van der Waals surface area contributed by atoms with Gasteiger partial charge in [0.1, 0.15) is 5.92 Å². The zero-order chi connectivity index (χ0) is 15.3. The van der Waals surface area contributed by atoms with Crippen molar-refractivity contribution in [1.82, 2.24) is 4.98 Å². The Morgan fingerprint density at radius 2 is 1.91 bits per heavy atom. The summed E-state index contributed by atoms with van der Waals surface area (Å²) < 4.78 is 6.48. The van der Waals surface area contributed by atoms with E-state index >= 15 is 0 Å². The molecule has 0 radical (unpaired) electrons. The zero-order valence-corrected chi connectivity index (χ0v) is 12.1. The fraction of sp³-hybridized carbons (Fsp3) is 0.267. The Morgan fingerprint density at radius 1 is 1.18 bits per heavy atom. The van der Waals surface area contributed by atoms with Crippen molar-refractivity contribution in [3.8, 4) is 0 Å². The molecule has 0 aliphatic carbocycles. The van der Waals surface area contributed by atoms with E-state index in [-0.39, 0.29) is 5.91 Å². The number of benzene rings is 1. The third-order valence-electron chi connectivity index (χ3n) is 4.01. The van der Waals surface area contributed by atoms with Crippen LogP contribution in [0.25, 0.3) is 10.2 Å². The summed E-state index contributed by atoms with van der Waals surface area (Å²) in [4.78, 5) is 28.2. The molecule has 1 saturated heterocycles. The highest BCUT2D eigenvalue weighted by molar-refractivity contribution is 7.22. The van der Waals surface area contributed by atoms with E-state index in [1.54, 1.807) is 12.2 Å². The van der Waals surface area contributed by atoms with E-state index < -0.39 is 30.0 Å². The van der Waals surface area contributed by atoms with Gasteiger partial charge in [-0.2, -0.15) is 0 Å². The van der Waals surface area contributed by atoms with Gasteiger partial charge in [0.15, 0.2) is 5.13 Å². The molecule has 3 heterocycles. The van der Waals surface area contributed by atoms with Crippen LogP contribution in [0, 0.1) is 11.8 Å². The Morgan fingerprint density at radius 3 is 2.64 bits per heavy atom. The van der Waals surface area contributed by atoms with Gasteiger partial charge >= 0.3 is 5.97 Å². The number of thiazole rings is 1. The van der Waals surface area contributed by atoms with Crippen LogP contribution in [0.4, 0.5) is 5.13 Å². The van der Waals surface area contributed by atoms with Gasteiger partial charge in [-0.15, -0.1) is 0 Å². The third-order valence-corrected chi connectivity index (χ3v) is 4.96. The van der Waals surface area contributed by atoms with Gasteiger partial charge in [0.05, 0.1) is 28.3 Å². The smallest absolute Gasteiger partial charge is 0.310 e. The zero-order valence-electron chi connectivity index (χ0n) is 11.3. The monoisotopic (exact) mass is 316 g/mol. The number of fused-ring (bicyclic) bond motifs is 3. The molecule has 2 N–H and O–H groups in total. The number of rotatable bonds is 3. The minimum absolute atomic E-state index is 0.358. The molecule has 2 aliphatic heterocycles. The van der Waals surface area contributed by atoms with E-state index in [1.807, 2.05) is 24.3 Å². The summed E-state index contributed by atoms with van der Waals surface area (Å²) in [6.07, 6.45) is 2.48. The Kier molecular flexibility index (Phi) is 2.98. The fourth-order valence-corrected chi connectivity index (χ4v) is 3.90. The largest absolute Gasteiger partial charge is 0.481 e. The predicted molar refractivity (Wildman–Crippen MR) is 80.7 cm³/mol. The van der Waals surface area contributed by atoms with Crippen molar-refractivity contribution in [1.29, 1.82) is 0 Å². The second kappa shape index (κ2) is 4.89. The molecule has 4 rings (SSSR count). The van der Waals surface area contributed by atoms with Gasteiger partial charge in [0.2, 0.25) is 5.91 Å². The second-order valence-electron chi connectivity index (χ2n) is 5.32. The SMILES string of the molecule is O=C(O)[C@@H]1[C@@H](C(=O)Nc2nc3ccccc3s2)[C@H]2C=C[C@@H]1O2. The topological polar surface area (TPSA) is 88.5 Å². The first-order valence-electron chi connectivity index (χ1n) is 6.86. The molecule has 0 saturated carbocycles. The highest BCUT2D eigenvalue weighted by Gasteiger charge is 2.53. The van der Waals surface area contributed by atoms with Gasteiger partial charge in [0, 0.05) is 0 Å². The second-order valence-corrected chi connectivity index (χ2v) is 6.35. The molecular formula is C15H12N2O4S. The number of hydrogen-bond acceptors (Lipinski definition) is 5. The highest BCUT2D eigenvalue weighted by atomic mass is 32.1. The summed E-state index contributed by atoms with van der Waals surface area (Å²) in [6.45, 7) is 0. The van der Waals surface area contributed by atoms with E-state index in [0.29, 0.717) is 5.13 Å². The van der Waals surface area contributed by atoms with E-state index in [2.05, 4.69) is 10.3 Å². The number of ether oxygens (including phenoxy) is 1. The van der Waals surface area contributed by atoms with Crippen LogP contribution >= 0.6 is 11.3 Å². The van der Waals surface area contributed by atoms with Crippen molar-refractivity contribution in [2.75, 3.05) is 5.32 Å². The Labute approximate surface area is 129 Å². The molecule has 0 unspecified atom stereocenters. The number of carboxylic acids is 1. The van der Waals surface area contributed by atoms with Crippen LogP contribution in [0.15, 0.2) is 36.4 Å². The average Bonchev–Trinajstić information content (AvgIpc) is 3.19. The van der Waals surface area contributed by atoms with Crippen molar-refractivity contribution in [2.45, 2.75) is 12.2 Å². The molecule has 1 fully saturated rings. The molecule has 6 nitrogen and oxygen atoms in total. The van der Waals surface area contributed by atoms with Crippen LogP contribution in [0.1, 0.15) is 0 Å². The number of carboxylic acid groups (broad SMARTS) is 1. The number of amides is 1. The van der Waals surface area contributed by atoms with Crippen LogP contribution in [-0.2, 0) is 14.3 Å². The number of anilines is 1. The normalized spacial score (nSPS) is 29.1. The number of aromatic nitrogens is 1. The molecule has 1 aromatic heterocycles. The quantitative estimate of drug-likeness (QED) is 0.844. The van der Waals surface area contributed by atoms with Gasteiger partial charge in [0.25, 0.3) is 0 Å². The van der Waals surface area contributed by atoms with Crippen LogP contribution in [0.5, 0.6) is 0 Å². The van der Waals surface area contributed by atoms with Crippen LogP contribution < -0.4 is 5.32 Å². The van der Waals surface area contributed by atoms with E-state index in [1.165, 1.54) is 11.3 Å². The molecule has 2 bridgehead atoms. The van der Waals surface area contributed by atoms with Gasteiger partial charge < -0.3 is 15.2 Å². The lowest BCUT2D eigenvalue weighted by Gasteiger charge is -2.20. The first-order chi connectivity index (χ1) is 10.6. The van der Waals surface area contributed by atoms with Gasteiger partial charge in [-0.25, -0.2) is 4.98 Å². The van der Waals surface area contributed by atoms with Crippen LogP contribution in [0.2, 0.25) is 0 Å². The summed E-state index contributed by atoms with van der Waals surface area (Å²) in [6, 6.07) is 7.57. The number of nitrogens with one attached hydrogen (secondary N) is 1. The Balaban J connectivity index is 1.59. The number of aliphatic carboxylic acids is 1. The molecule has 1 amide bonds. The Hall–Kier alpha value is -2.25. The number of carbonyl (C=O) groups is 2. The standard InChI is InChI=1S/C15H12N2O4S/c18-13(11-8-5-6-9(21-8)12(11)14(19)20)17-15-16-7-3-1-2-4-10(7)22-15/h1-6,8-9,11-12H,(H,19,20)(H,16,17,18)/t8-,9+,11+,12+/m1/s1. The molecule has 112 valence electrons. The van der Waals surface area contributed by atoms with Crippen molar-refractivity contribution in [2.24, 2.45) is 11.8 Å². The molecule has 7 heteroatoms. The summed E-state index contributed by atoms with van der Waals surface area (Å²) in [5.74, 6) is -2.94. The van der Waals surface area contributed by atoms with Crippen LogP contribution in [0.3, 0.4) is 0 Å². The molecule has 22 heavy (non-hydrogen) atoms. The molecule has 2 aliphatic rings. The van der Waals surface area contributed by atoms with E-state index in [4.69, 9.17) is 4.74 Å². The maximum absolute atomic E-state index is 12.5. The minimum atomic E-state index is -1.01. The Bertz CT molecular complexity index is 767. The van der Waals surface area contributed by atoms with E-state index in [9.17, 15) is 14.7 Å². The molecule has 1 aromatic carbocycles. The number of nitrogens with zero attached hydrogens (tertiary/aromatic N) is 1. The third kappa shape index (κ3) is 2.01. The summed E-state index contributed by atoms with van der Waals surface area (Å²) in [7, 11) is 0. The molecule has 0 spiro atoms. The van der Waals surface area contributed by atoms with Crippen molar-refractivity contribution in [3.63, 3.8) is 0 Å². The van der Waals surface area contributed by atoms with E-state index in [0.717, 1.165) is 10.2 Å². The van der Waals surface area contributed by atoms with Gasteiger partial charge in [-0.3, -0.25) is 9.59 Å². The van der Waals surface area contributed by atoms with Crippen molar-refractivity contribution >= 4 is 38.6 Å². The van der Waals surface area contributed by atoms with Gasteiger partial charge in [-0.1, -0.05) is 35.6 Å².